The molecule has 0 aliphatic heterocycles. The third kappa shape index (κ3) is 3.03. The number of nitrogens with zero attached hydrogens (tertiary/aromatic N) is 3. The number of carbonyl (C=O) groups is 1. The zero-order valence-electron chi connectivity index (χ0n) is 15.2. The molecule has 1 amide bonds. The average molecular weight is 358 g/mol. The lowest BCUT2D eigenvalue weighted by Gasteiger charge is -2.12. The van der Waals surface area contributed by atoms with Crippen LogP contribution < -0.4 is 10.9 Å². The molecule has 3 aromatic heterocycles. The van der Waals surface area contributed by atoms with Gasteiger partial charge in [-0.3, -0.25) is 14.0 Å². The number of aryl methyl sites for hydroxylation is 2. The number of aliphatic hydroxyl groups is 1. The smallest absolute Gasteiger partial charge is 0.294 e. The van der Waals surface area contributed by atoms with Gasteiger partial charge in [0.15, 0.2) is 0 Å². The predicted molar refractivity (Wildman–Crippen MR) is 96.2 cm³/mol. The molecule has 3 rings (SSSR count). The van der Waals surface area contributed by atoms with Crippen LogP contribution in [0.4, 0.5) is 0 Å². The Bertz CT molecular complexity index is 1020. The molecule has 1 atom stereocenters. The van der Waals surface area contributed by atoms with E-state index in [4.69, 9.17) is 4.42 Å². The highest BCUT2D eigenvalue weighted by atomic mass is 16.3. The summed E-state index contributed by atoms with van der Waals surface area (Å²) in [6.07, 6.45) is 3.86. The van der Waals surface area contributed by atoms with Crippen LogP contribution in [-0.4, -0.2) is 37.6 Å². The molecular weight excluding hydrogens is 336 g/mol. The van der Waals surface area contributed by atoms with Crippen molar-refractivity contribution in [2.45, 2.75) is 33.2 Å². The van der Waals surface area contributed by atoms with E-state index in [1.165, 1.54) is 10.8 Å². The molecule has 0 saturated heterocycles. The fourth-order valence-corrected chi connectivity index (χ4v) is 2.91. The van der Waals surface area contributed by atoms with E-state index in [1.54, 1.807) is 17.6 Å². The number of imidazole rings is 1. The Kier molecular flexibility index (Phi) is 4.69. The van der Waals surface area contributed by atoms with Crippen LogP contribution in [0.1, 0.15) is 35.4 Å². The van der Waals surface area contributed by atoms with Crippen molar-refractivity contribution in [2.75, 3.05) is 6.61 Å². The van der Waals surface area contributed by atoms with Gasteiger partial charge >= 0.3 is 0 Å². The van der Waals surface area contributed by atoms with E-state index in [0.717, 1.165) is 11.3 Å². The first-order valence-corrected chi connectivity index (χ1v) is 8.43. The fraction of sp³-hybridized carbons (Fsp3) is 0.389. The van der Waals surface area contributed by atoms with Crippen LogP contribution in [-0.2, 0) is 7.05 Å². The number of carbonyl (C=O) groups excluding carboxylic acids is 1. The normalized spacial score (nSPS) is 12.5. The molecule has 0 fully saturated rings. The molecule has 0 bridgehead atoms. The maximum atomic E-state index is 12.7. The molecule has 0 spiro atoms. The van der Waals surface area contributed by atoms with Crippen LogP contribution in [0.5, 0.6) is 0 Å². The van der Waals surface area contributed by atoms with Crippen molar-refractivity contribution < 1.29 is 14.3 Å². The average Bonchev–Trinajstić information content (AvgIpc) is 3.18. The van der Waals surface area contributed by atoms with E-state index >= 15 is 0 Å². The summed E-state index contributed by atoms with van der Waals surface area (Å²) in [7, 11) is 1.66. The predicted octanol–water partition coefficient (Wildman–Crippen LogP) is 1.41. The molecule has 2 N–H and O–H groups in total. The molecule has 8 heteroatoms. The van der Waals surface area contributed by atoms with Crippen LogP contribution in [0.25, 0.3) is 16.9 Å². The van der Waals surface area contributed by atoms with Crippen molar-refractivity contribution in [1.82, 2.24) is 19.3 Å². The van der Waals surface area contributed by atoms with Gasteiger partial charge in [-0.15, -0.1) is 0 Å². The first-order valence-electron chi connectivity index (χ1n) is 8.43. The van der Waals surface area contributed by atoms with Gasteiger partial charge in [-0.1, -0.05) is 6.92 Å². The third-order valence-corrected chi connectivity index (χ3v) is 4.45. The van der Waals surface area contributed by atoms with E-state index < -0.39 is 5.91 Å². The largest absolute Gasteiger partial charge is 0.466 e. The highest BCUT2D eigenvalue weighted by molar-refractivity contribution is 5.93. The third-order valence-electron chi connectivity index (χ3n) is 4.45. The number of aromatic nitrogens is 3. The van der Waals surface area contributed by atoms with Gasteiger partial charge < -0.3 is 19.4 Å². The number of amides is 1. The summed E-state index contributed by atoms with van der Waals surface area (Å²) in [5, 5.41) is 11.9. The Labute approximate surface area is 150 Å². The summed E-state index contributed by atoms with van der Waals surface area (Å²) in [5.41, 5.74) is 1.47. The molecule has 0 radical (unpaired) electrons. The Hall–Kier alpha value is -2.87. The molecule has 0 unspecified atom stereocenters. The van der Waals surface area contributed by atoms with Crippen LogP contribution in [0.15, 0.2) is 27.7 Å². The number of rotatable bonds is 5. The lowest BCUT2D eigenvalue weighted by molar-refractivity contribution is 0.0910. The summed E-state index contributed by atoms with van der Waals surface area (Å²) in [5.74, 6) is 1.04. The molecule has 3 aromatic rings. The number of aliphatic hydroxyl groups excluding tert-OH is 1. The first kappa shape index (κ1) is 17.9. The van der Waals surface area contributed by atoms with Crippen LogP contribution in [0.2, 0.25) is 0 Å². The Morgan fingerprint density at radius 2 is 2.12 bits per heavy atom. The molecule has 0 aliphatic rings. The number of hydrogen-bond acceptors (Lipinski definition) is 5. The van der Waals surface area contributed by atoms with E-state index in [9.17, 15) is 14.7 Å². The molecule has 0 aliphatic carbocycles. The van der Waals surface area contributed by atoms with Gasteiger partial charge in [-0.2, -0.15) is 0 Å². The van der Waals surface area contributed by atoms with Gasteiger partial charge in [0.05, 0.1) is 18.3 Å². The van der Waals surface area contributed by atoms with E-state index in [-0.39, 0.29) is 29.5 Å². The minimum absolute atomic E-state index is 0.131. The van der Waals surface area contributed by atoms with Gasteiger partial charge in [0.1, 0.15) is 17.2 Å². The number of hydrogen-bond donors (Lipinski definition) is 2. The second-order valence-corrected chi connectivity index (χ2v) is 6.32. The van der Waals surface area contributed by atoms with Crippen molar-refractivity contribution in [3.05, 3.63) is 46.0 Å². The molecule has 0 saturated carbocycles. The van der Waals surface area contributed by atoms with Crippen molar-refractivity contribution >= 4 is 11.6 Å². The zero-order valence-corrected chi connectivity index (χ0v) is 15.2. The second-order valence-electron chi connectivity index (χ2n) is 6.32. The number of nitrogens with one attached hydrogen (secondary N) is 1. The Balaban J connectivity index is 2.08. The summed E-state index contributed by atoms with van der Waals surface area (Å²) >= 11 is 0. The van der Waals surface area contributed by atoms with E-state index in [1.807, 2.05) is 26.8 Å². The Morgan fingerprint density at radius 1 is 1.38 bits per heavy atom. The minimum atomic E-state index is -0.423. The molecular formula is C18H22N4O4. The lowest BCUT2D eigenvalue weighted by atomic mass is 10.2. The van der Waals surface area contributed by atoms with Crippen LogP contribution in [0, 0.1) is 13.8 Å². The molecule has 138 valence electrons. The molecule has 0 aromatic carbocycles. The number of furan rings is 1. The number of fused-ring (bicyclic) bond motifs is 1. The molecule has 3 heterocycles. The van der Waals surface area contributed by atoms with Gasteiger partial charge in [0.2, 0.25) is 5.65 Å². The summed E-state index contributed by atoms with van der Waals surface area (Å²) in [6.45, 7) is 5.39. The van der Waals surface area contributed by atoms with Crippen LogP contribution >= 0.6 is 0 Å². The first-order chi connectivity index (χ1) is 12.3. The SMILES string of the molecule is CC[C@H](CO)NC(=O)c1cn2cc(-c3cc(C)oc3C)n(C)c(=O)c2n1. The van der Waals surface area contributed by atoms with Crippen LogP contribution in [0.3, 0.4) is 0 Å². The van der Waals surface area contributed by atoms with Crippen molar-refractivity contribution in [3.8, 4) is 11.3 Å². The van der Waals surface area contributed by atoms with Gasteiger partial charge in [0, 0.05) is 25.0 Å². The van der Waals surface area contributed by atoms with E-state index in [2.05, 4.69) is 10.3 Å². The highest BCUT2D eigenvalue weighted by Gasteiger charge is 2.19. The fourth-order valence-electron chi connectivity index (χ4n) is 2.91. The maximum Gasteiger partial charge on any atom is 0.294 e. The lowest BCUT2D eigenvalue weighted by Crippen LogP contribution is -2.37. The highest BCUT2D eigenvalue weighted by Crippen LogP contribution is 2.25. The minimum Gasteiger partial charge on any atom is -0.466 e. The van der Waals surface area contributed by atoms with Crippen molar-refractivity contribution in [1.29, 1.82) is 0 Å². The quantitative estimate of drug-likeness (QED) is 0.718. The maximum absolute atomic E-state index is 12.7. The second kappa shape index (κ2) is 6.80. The standard InChI is InChI=1S/C18H22N4O4/c1-5-12(9-23)19-17(24)14-7-22-8-15(13-6-10(2)26-11(13)3)21(4)18(25)16(22)20-14/h6-8,12,23H,5,9H2,1-4H3,(H,19,24)/t12-/m1/s1. The van der Waals surface area contributed by atoms with Gasteiger partial charge in [-0.05, 0) is 26.3 Å². The van der Waals surface area contributed by atoms with Crippen molar-refractivity contribution in [2.24, 2.45) is 7.05 Å². The summed E-state index contributed by atoms with van der Waals surface area (Å²) in [4.78, 5) is 29.2. The van der Waals surface area contributed by atoms with Gasteiger partial charge in [0.25, 0.3) is 11.5 Å². The summed E-state index contributed by atoms with van der Waals surface area (Å²) in [6, 6.07) is 1.52. The monoisotopic (exact) mass is 358 g/mol. The van der Waals surface area contributed by atoms with Crippen molar-refractivity contribution in [3.63, 3.8) is 0 Å². The zero-order chi connectivity index (χ0) is 19.0. The molecule has 26 heavy (non-hydrogen) atoms. The summed E-state index contributed by atoms with van der Waals surface area (Å²) < 4.78 is 8.60. The topological polar surface area (TPSA) is 102 Å². The molecule has 8 nitrogen and oxygen atoms in total. The van der Waals surface area contributed by atoms with E-state index in [0.29, 0.717) is 17.9 Å². The van der Waals surface area contributed by atoms with Gasteiger partial charge in [-0.25, -0.2) is 4.98 Å². The Morgan fingerprint density at radius 3 is 2.69 bits per heavy atom.